The third-order valence-corrected chi connectivity index (χ3v) is 5.87. The molecule has 0 amide bonds. The van der Waals surface area contributed by atoms with Crippen LogP contribution in [0.4, 0.5) is 17.6 Å². The van der Waals surface area contributed by atoms with Crippen molar-refractivity contribution in [2.75, 3.05) is 29.5 Å². The Hall–Kier alpha value is -3.66. The van der Waals surface area contributed by atoms with Crippen molar-refractivity contribution in [2.45, 2.75) is 24.8 Å². The number of nitrogen functional groups attached to an aromatic ring is 2. The molecule has 0 spiro atoms. The summed E-state index contributed by atoms with van der Waals surface area (Å²) >= 11 is 1.46. The molecule has 0 saturated carbocycles. The average molecular weight is 448 g/mol. The Bertz CT molecular complexity index is 1150. The predicted molar refractivity (Wildman–Crippen MR) is 129 cm³/mol. The van der Waals surface area contributed by atoms with Crippen molar-refractivity contribution in [2.24, 2.45) is 0 Å². The molecule has 2 heterocycles. The van der Waals surface area contributed by atoms with Gasteiger partial charge in [-0.25, -0.2) is 0 Å². The number of nitrogens with two attached hydrogens (primary N) is 2. The number of hydrogen-bond acceptors (Lipinski definition) is 9. The zero-order valence-corrected chi connectivity index (χ0v) is 18.8. The van der Waals surface area contributed by atoms with Crippen LogP contribution in [-0.2, 0) is 5.75 Å². The number of para-hydroxylation sites is 1. The predicted octanol–water partition coefficient (Wildman–Crippen LogP) is 3.42. The molecule has 32 heavy (non-hydrogen) atoms. The highest BCUT2D eigenvalue weighted by atomic mass is 32.2. The van der Waals surface area contributed by atoms with Gasteiger partial charge in [0.2, 0.25) is 11.9 Å². The van der Waals surface area contributed by atoms with Gasteiger partial charge in [-0.2, -0.15) is 15.0 Å². The van der Waals surface area contributed by atoms with Crippen LogP contribution in [0.2, 0.25) is 0 Å². The van der Waals surface area contributed by atoms with E-state index in [4.69, 9.17) is 11.5 Å². The number of aromatic nitrogens is 6. The number of nitrogens with zero attached hydrogens (tertiary/aromatic N) is 7. The first kappa shape index (κ1) is 21.6. The van der Waals surface area contributed by atoms with E-state index in [2.05, 4.69) is 68.2 Å². The largest absolute Gasteiger partial charge is 0.372 e. The summed E-state index contributed by atoms with van der Waals surface area (Å²) in [6.07, 6.45) is 0. The summed E-state index contributed by atoms with van der Waals surface area (Å²) in [7, 11) is 0. The molecule has 10 heteroatoms. The van der Waals surface area contributed by atoms with Gasteiger partial charge in [0.05, 0.1) is 5.75 Å². The molecular weight excluding hydrogens is 422 g/mol. The Kier molecular flexibility index (Phi) is 6.50. The number of benzene rings is 2. The molecule has 164 valence electrons. The molecule has 2 aromatic carbocycles. The van der Waals surface area contributed by atoms with E-state index in [0.29, 0.717) is 11.6 Å². The fraction of sp³-hybridized carbons (Fsp3) is 0.227. The topological polar surface area (TPSA) is 125 Å². The fourth-order valence-electron chi connectivity index (χ4n) is 3.42. The summed E-state index contributed by atoms with van der Waals surface area (Å²) in [4.78, 5) is 14.4. The van der Waals surface area contributed by atoms with Gasteiger partial charge in [0, 0.05) is 30.0 Å². The number of hydrogen-bond donors (Lipinski definition) is 2. The van der Waals surface area contributed by atoms with Crippen LogP contribution in [0.3, 0.4) is 0 Å². The zero-order valence-electron chi connectivity index (χ0n) is 18.0. The van der Waals surface area contributed by atoms with Gasteiger partial charge >= 0.3 is 0 Å². The molecule has 0 atom stereocenters. The number of rotatable bonds is 8. The van der Waals surface area contributed by atoms with Crippen LogP contribution in [0.1, 0.15) is 19.7 Å². The maximum atomic E-state index is 5.69. The van der Waals surface area contributed by atoms with Crippen LogP contribution in [0.25, 0.3) is 17.1 Å². The van der Waals surface area contributed by atoms with Crippen LogP contribution in [0, 0.1) is 0 Å². The molecule has 0 saturated heterocycles. The van der Waals surface area contributed by atoms with Crippen molar-refractivity contribution in [3.8, 4) is 17.1 Å². The van der Waals surface area contributed by atoms with Gasteiger partial charge in [-0.3, -0.25) is 4.57 Å². The first-order chi connectivity index (χ1) is 15.6. The van der Waals surface area contributed by atoms with Gasteiger partial charge in [0.25, 0.3) is 0 Å². The van der Waals surface area contributed by atoms with Gasteiger partial charge in [-0.1, -0.05) is 30.0 Å². The minimum Gasteiger partial charge on any atom is -0.372 e. The lowest BCUT2D eigenvalue weighted by atomic mass is 10.1. The van der Waals surface area contributed by atoms with Crippen molar-refractivity contribution in [1.29, 1.82) is 0 Å². The molecule has 0 aliphatic rings. The van der Waals surface area contributed by atoms with E-state index in [0.717, 1.165) is 35.3 Å². The smallest absolute Gasteiger partial charge is 0.225 e. The van der Waals surface area contributed by atoms with Crippen molar-refractivity contribution in [3.05, 3.63) is 60.4 Å². The number of thioether (sulfide) groups is 1. The maximum absolute atomic E-state index is 5.69. The monoisotopic (exact) mass is 447 g/mol. The summed E-state index contributed by atoms with van der Waals surface area (Å²) in [5.41, 5.74) is 14.5. The molecular formula is C22H25N9S. The minimum absolute atomic E-state index is 0.103. The van der Waals surface area contributed by atoms with E-state index < -0.39 is 0 Å². The first-order valence-electron chi connectivity index (χ1n) is 10.3. The summed E-state index contributed by atoms with van der Waals surface area (Å²) < 4.78 is 2.03. The van der Waals surface area contributed by atoms with Crippen molar-refractivity contribution in [1.82, 2.24) is 29.7 Å². The van der Waals surface area contributed by atoms with Gasteiger partial charge in [0.15, 0.2) is 11.0 Å². The number of anilines is 3. The molecule has 0 aliphatic carbocycles. The van der Waals surface area contributed by atoms with Gasteiger partial charge in [0.1, 0.15) is 5.82 Å². The Labute approximate surface area is 190 Å². The molecule has 0 radical (unpaired) electrons. The first-order valence-corrected chi connectivity index (χ1v) is 11.3. The van der Waals surface area contributed by atoms with Crippen LogP contribution < -0.4 is 16.4 Å². The molecule has 2 aromatic heterocycles. The normalized spacial score (nSPS) is 10.9. The second-order valence-electron chi connectivity index (χ2n) is 6.95. The van der Waals surface area contributed by atoms with Crippen molar-refractivity contribution in [3.63, 3.8) is 0 Å². The second kappa shape index (κ2) is 9.65. The van der Waals surface area contributed by atoms with E-state index in [-0.39, 0.29) is 11.9 Å². The summed E-state index contributed by atoms with van der Waals surface area (Å²) in [5, 5.41) is 9.67. The molecule has 4 rings (SSSR count). The third kappa shape index (κ3) is 4.65. The lowest BCUT2D eigenvalue weighted by Crippen LogP contribution is -2.21. The van der Waals surface area contributed by atoms with Crippen molar-refractivity contribution < 1.29 is 0 Å². The Morgan fingerprint density at radius 2 is 1.50 bits per heavy atom. The van der Waals surface area contributed by atoms with E-state index in [9.17, 15) is 0 Å². The summed E-state index contributed by atoms with van der Waals surface area (Å²) in [5.74, 6) is 1.90. The maximum Gasteiger partial charge on any atom is 0.225 e. The lowest BCUT2D eigenvalue weighted by molar-refractivity contribution is 0.866. The van der Waals surface area contributed by atoms with Gasteiger partial charge < -0.3 is 16.4 Å². The van der Waals surface area contributed by atoms with Gasteiger partial charge in [-0.05, 0) is 50.2 Å². The van der Waals surface area contributed by atoms with Crippen LogP contribution in [0.15, 0.2) is 59.8 Å². The molecule has 4 aromatic rings. The van der Waals surface area contributed by atoms with Crippen LogP contribution in [0.5, 0.6) is 0 Å². The fourth-order valence-corrected chi connectivity index (χ4v) is 4.23. The molecule has 0 unspecified atom stereocenters. The van der Waals surface area contributed by atoms with E-state index in [1.807, 2.05) is 34.9 Å². The third-order valence-electron chi connectivity index (χ3n) is 4.95. The Morgan fingerprint density at radius 1 is 0.844 bits per heavy atom. The highest BCUT2D eigenvalue weighted by Crippen LogP contribution is 2.30. The highest BCUT2D eigenvalue weighted by Gasteiger charge is 2.17. The standard InChI is InChI=1S/C22H25N9S/c1-3-30(4-2)16-12-10-15(11-13-16)19-28-29-22(31(19)17-8-6-5-7-9-17)32-14-18-25-20(23)27-21(24)26-18/h5-13H,3-4,14H2,1-2H3,(H4,23,24,25,26,27). The van der Waals surface area contributed by atoms with Gasteiger partial charge in [-0.15, -0.1) is 10.2 Å². The summed E-state index contributed by atoms with van der Waals surface area (Å²) in [6.45, 7) is 6.23. The second-order valence-corrected chi connectivity index (χ2v) is 7.90. The Balaban J connectivity index is 1.68. The Morgan fingerprint density at radius 3 is 2.12 bits per heavy atom. The minimum atomic E-state index is 0.103. The SMILES string of the molecule is CCN(CC)c1ccc(-c2nnc(SCc3nc(N)nc(N)n3)n2-c2ccccc2)cc1. The average Bonchev–Trinajstić information content (AvgIpc) is 3.23. The molecule has 4 N–H and O–H groups in total. The molecule has 0 aliphatic heterocycles. The van der Waals surface area contributed by atoms with E-state index in [1.54, 1.807) is 0 Å². The summed E-state index contributed by atoms with van der Waals surface area (Å²) in [6, 6.07) is 18.4. The quantitative estimate of drug-likeness (QED) is 0.391. The molecule has 0 bridgehead atoms. The van der Waals surface area contributed by atoms with E-state index >= 15 is 0 Å². The zero-order chi connectivity index (χ0) is 22.5. The van der Waals surface area contributed by atoms with E-state index in [1.165, 1.54) is 17.4 Å². The molecule has 0 fully saturated rings. The molecule has 9 nitrogen and oxygen atoms in total. The van der Waals surface area contributed by atoms with Crippen molar-refractivity contribution >= 4 is 29.3 Å². The van der Waals surface area contributed by atoms with Crippen LogP contribution in [-0.4, -0.2) is 42.8 Å². The highest BCUT2D eigenvalue weighted by molar-refractivity contribution is 7.98. The van der Waals surface area contributed by atoms with Crippen LogP contribution >= 0.6 is 11.8 Å². The lowest BCUT2D eigenvalue weighted by Gasteiger charge is -2.21.